The lowest BCUT2D eigenvalue weighted by atomic mass is 9.71. The second-order valence-corrected chi connectivity index (χ2v) is 22.5. The third-order valence-corrected chi connectivity index (χ3v) is 16.6. The highest BCUT2D eigenvalue weighted by molar-refractivity contribution is 7.91. The first-order valence-electron chi connectivity index (χ1n) is 25.4. The third kappa shape index (κ3) is 14.4. The number of rotatable bonds is 7. The fraction of sp³-hybridized carbons (Fsp3) is 0.284. The lowest BCUT2D eigenvalue weighted by molar-refractivity contribution is -0.288. The Labute approximate surface area is 454 Å². The minimum Gasteiger partial charge on any atom is -0.457 e. The Balaban J connectivity index is 0.000000192. The molecule has 0 fully saturated rings. The van der Waals surface area contributed by atoms with E-state index in [-0.39, 0.29) is 0 Å². The van der Waals surface area contributed by atoms with Gasteiger partial charge in [-0.2, -0.15) is 26.3 Å². The standard InChI is InChI=1S/C19H18F6.C16H18O2S.C16H18O.C16H18/c1-11-5-7-15(9-13(11)3)17(18(20,21)22,19(23,24)25)16-8-6-12(2)14(4)10-16;1-11-5-7-15(9-13(11)3)19(17,18)16-8-6-12(2)14(4)10-16;1-11-5-7-15(9-13(11)3)17-16-8-6-12(2)14(4)10-16;1-11-5-7-15(9-13(11)3)16-8-6-12(2)14(4)10-16/h5-10H,1-4H3;5-10H,1-4H3;5-10H,1-4H3;5-10H,1-4H3. The normalized spacial score (nSPS) is 11.6. The zero-order chi connectivity index (χ0) is 57.5. The molecule has 0 amide bonds. The van der Waals surface area contributed by atoms with Gasteiger partial charge in [-0.15, -0.1) is 0 Å². The van der Waals surface area contributed by atoms with Crippen molar-refractivity contribution in [2.45, 2.75) is 138 Å². The fourth-order valence-electron chi connectivity index (χ4n) is 8.36. The van der Waals surface area contributed by atoms with Gasteiger partial charge in [-0.25, -0.2) is 8.42 Å². The molecule has 0 aliphatic heterocycles. The summed E-state index contributed by atoms with van der Waals surface area (Å²) in [7, 11) is -3.42. The number of ether oxygens (including phenoxy) is 1. The molecule has 0 N–H and O–H groups in total. The van der Waals surface area contributed by atoms with Crippen LogP contribution in [-0.4, -0.2) is 20.8 Å². The molecule has 8 aromatic rings. The van der Waals surface area contributed by atoms with E-state index in [0.717, 1.165) is 58.0 Å². The van der Waals surface area contributed by atoms with Crippen LogP contribution in [-0.2, 0) is 15.3 Å². The van der Waals surface area contributed by atoms with Crippen LogP contribution in [0.2, 0.25) is 0 Å². The summed E-state index contributed by atoms with van der Waals surface area (Å²) in [6.07, 6.45) is -11.1. The summed E-state index contributed by atoms with van der Waals surface area (Å²) in [6, 6.07) is 42.6. The first kappa shape index (κ1) is 60.9. The lowest BCUT2D eigenvalue weighted by Gasteiger charge is -2.38. The smallest absolute Gasteiger partial charge is 0.411 e. The van der Waals surface area contributed by atoms with E-state index in [9.17, 15) is 34.8 Å². The molecular weight excluding hydrogens is 999 g/mol. The summed E-state index contributed by atoms with van der Waals surface area (Å²) in [6.45, 7) is 31.1. The maximum atomic E-state index is 14.0. The van der Waals surface area contributed by atoms with E-state index in [2.05, 4.69) is 116 Å². The molecule has 0 spiro atoms. The Morgan fingerprint density at radius 1 is 0.286 bits per heavy atom. The van der Waals surface area contributed by atoms with Crippen molar-refractivity contribution in [2.24, 2.45) is 0 Å². The second kappa shape index (κ2) is 24.6. The molecule has 0 aliphatic rings. The number of hydrogen-bond acceptors (Lipinski definition) is 3. The summed E-state index contributed by atoms with van der Waals surface area (Å²) in [5.41, 5.74) is 13.6. The summed E-state index contributed by atoms with van der Waals surface area (Å²) >= 11 is 0. The van der Waals surface area contributed by atoms with E-state index < -0.39 is 38.7 Å². The topological polar surface area (TPSA) is 43.4 Å². The van der Waals surface area contributed by atoms with Gasteiger partial charge < -0.3 is 4.74 Å². The minimum absolute atomic E-state index is 0.360. The second-order valence-electron chi connectivity index (χ2n) is 20.5. The fourth-order valence-corrected chi connectivity index (χ4v) is 9.79. The highest BCUT2D eigenvalue weighted by Gasteiger charge is 2.72. The molecule has 0 saturated carbocycles. The number of halogens is 6. The van der Waals surface area contributed by atoms with Gasteiger partial charge in [-0.1, -0.05) is 97.1 Å². The summed E-state index contributed by atoms with van der Waals surface area (Å²) in [4.78, 5) is 0.720. The van der Waals surface area contributed by atoms with Crippen LogP contribution in [0.5, 0.6) is 11.5 Å². The van der Waals surface area contributed by atoms with E-state index in [4.69, 9.17) is 4.74 Å². The van der Waals surface area contributed by atoms with E-state index in [1.54, 1.807) is 38.1 Å². The van der Waals surface area contributed by atoms with Crippen molar-refractivity contribution in [3.8, 4) is 22.6 Å². The number of sulfone groups is 1. The Bertz CT molecular complexity index is 3290. The monoisotopic (exact) mass is 1070 g/mol. The molecule has 0 unspecified atom stereocenters. The minimum atomic E-state index is -5.55. The molecule has 0 heterocycles. The Kier molecular flexibility index (Phi) is 19.5. The Hall–Kier alpha value is -6.91. The van der Waals surface area contributed by atoms with Gasteiger partial charge >= 0.3 is 12.4 Å². The molecule has 10 heteroatoms. The van der Waals surface area contributed by atoms with Gasteiger partial charge in [0, 0.05) is 0 Å². The van der Waals surface area contributed by atoms with Crippen LogP contribution in [0.3, 0.4) is 0 Å². The molecule has 77 heavy (non-hydrogen) atoms. The predicted molar refractivity (Wildman–Crippen MR) is 305 cm³/mol. The van der Waals surface area contributed by atoms with Crippen LogP contribution in [0.15, 0.2) is 155 Å². The van der Waals surface area contributed by atoms with Gasteiger partial charge in [0.05, 0.1) is 9.79 Å². The largest absolute Gasteiger partial charge is 0.457 e. The number of aryl methyl sites for hydroxylation is 16. The van der Waals surface area contributed by atoms with Crippen molar-refractivity contribution < 1.29 is 39.5 Å². The highest BCUT2D eigenvalue weighted by Crippen LogP contribution is 2.56. The van der Waals surface area contributed by atoms with Crippen molar-refractivity contribution in [2.75, 3.05) is 0 Å². The van der Waals surface area contributed by atoms with Gasteiger partial charge in [0.1, 0.15) is 11.5 Å². The molecule has 8 aromatic carbocycles. The number of alkyl halides is 6. The van der Waals surface area contributed by atoms with E-state index in [0.29, 0.717) is 32.0 Å². The van der Waals surface area contributed by atoms with Crippen molar-refractivity contribution >= 4 is 9.84 Å². The molecule has 3 nitrogen and oxygen atoms in total. The molecule has 406 valence electrons. The quantitative estimate of drug-likeness (QED) is 0.149. The average molecular weight is 1070 g/mol. The molecule has 0 bridgehead atoms. The molecular formula is C67H72F6O3S. The van der Waals surface area contributed by atoms with Gasteiger partial charge in [0.15, 0.2) is 0 Å². The first-order chi connectivity index (χ1) is 35.8. The molecule has 0 radical (unpaired) electrons. The van der Waals surface area contributed by atoms with Gasteiger partial charge in [-0.05, 0) is 271 Å². The Morgan fingerprint density at radius 3 is 0.792 bits per heavy atom. The molecule has 8 rings (SSSR count). The average Bonchev–Trinajstić information content (AvgIpc) is 3.35. The summed E-state index contributed by atoms with van der Waals surface area (Å²) < 4.78 is 115. The van der Waals surface area contributed by atoms with Crippen LogP contribution >= 0.6 is 0 Å². The van der Waals surface area contributed by atoms with Crippen molar-refractivity contribution in [1.29, 1.82) is 0 Å². The Morgan fingerprint density at radius 2 is 0.532 bits per heavy atom. The summed E-state index contributed by atoms with van der Waals surface area (Å²) in [5, 5.41) is 0. The zero-order valence-electron chi connectivity index (χ0n) is 47.3. The maximum Gasteiger partial charge on any atom is 0.411 e. The van der Waals surface area contributed by atoms with Crippen LogP contribution in [0.25, 0.3) is 11.1 Å². The lowest BCUT2D eigenvalue weighted by Crippen LogP contribution is -2.54. The summed E-state index contributed by atoms with van der Waals surface area (Å²) in [5.74, 6) is 1.80. The predicted octanol–water partition coefficient (Wildman–Crippen LogP) is 19.4. The molecule has 0 aliphatic carbocycles. The van der Waals surface area contributed by atoms with Gasteiger partial charge in [-0.3, -0.25) is 0 Å². The highest BCUT2D eigenvalue weighted by atomic mass is 32.2. The van der Waals surface area contributed by atoms with Crippen LogP contribution < -0.4 is 4.74 Å². The zero-order valence-corrected chi connectivity index (χ0v) is 48.1. The van der Waals surface area contributed by atoms with E-state index in [1.807, 2.05) is 52.0 Å². The number of hydrogen-bond donors (Lipinski definition) is 0. The van der Waals surface area contributed by atoms with Gasteiger partial charge in [0.2, 0.25) is 15.3 Å². The van der Waals surface area contributed by atoms with Gasteiger partial charge in [0.25, 0.3) is 0 Å². The van der Waals surface area contributed by atoms with Crippen LogP contribution in [0, 0.1) is 111 Å². The molecule has 0 aromatic heterocycles. The van der Waals surface area contributed by atoms with Crippen LogP contribution in [0.1, 0.15) is 100 Å². The van der Waals surface area contributed by atoms with Crippen LogP contribution in [0.4, 0.5) is 26.3 Å². The molecule has 0 saturated heterocycles. The van der Waals surface area contributed by atoms with Crippen molar-refractivity contribution in [1.82, 2.24) is 0 Å². The third-order valence-electron chi connectivity index (χ3n) is 14.8. The van der Waals surface area contributed by atoms with E-state index in [1.165, 1.54) is 81.6 Å². The van der Waals surface area contributed by atoms with E-state index >= 15 is 0 Å². The number of benzene rings is 8. The van der Waals surface area contributed by atoms with Crippen molar-refractivity contribution in [3.05, 3.63) is 246 Å². The SMILES string of the molecule is Cc1ccc(-c2ccc(C)c(C)c2)cc1C.Cc1ccc(C(c2ccc(C)c(C)c2)(C(F)(F)F)C(F)(F)F)cc1C.Cc1ccc(Oc2ccc(C)c(C)c2)cc1C.Cc1ccc(S(=O)(=O)c2ccc(C)c(C)c2)cc1C. The van der Waals surface area contributed by atoms with Crippen molar-refractivity contribution in [3.63, 3.8) is 0 Å². The maximum absolute atomic E-state index is 14.0. The molecule has 0 atom stereocenters. The first-order valence-corrected chi connectivity index (χ1v) is 26.9.